The molecule has 0 saturated heterocycles. The number of halogens is 1. The van der Waals surface area contributed by atoms with E-state index in [2.05, 4.69) is 15.4 Å². The number of anilines is 1. The molecule has 2 rings (SSSR count). The first-order valence-electron chi connectivity index (χ1n) is 5.29. The van der Waals surface area contributed by atoms with Crippen molar-refractivity contribution in [3.8, 4) is 5.69 Å². The maximum absolute atomic E-state index is 11.6. The second kappa shape index (κ2) is 5.16. The molecule has 0 unspecified atom stereocenters. The van der Waals surface area contributed by atoms with Crippen LogP contribution in [0, 0.1) is 0 Å². The van der Waals surface area contributed by atoms with Crippen LogP contribution >= 0.6 is 11.6 Å². The van der Waals surface area contributed by atoms with Gasteiger partial charge in [-0.3, -0.25) is 4.79 Å². The van der Waals surface area contributed by atoms with Crippen LogP contribution in [0.3, 0.4) is 0 Å². The molecule has 0 radical (unpaired) electrons. The molecule has 1 atom stereocenters. The highest BCUT2D eigenvalue weighted by Gasteiger charge is 2.12. The van der Waals surface area contributed by atoms with Gasteiger partial charge in [0.1, 0.15) is 12.7 Å². The van der Waals surface area contributed by atoms with E-state index in [-0.39, 0.29) is 5.91 Å². The Balaban J connectivity index is 2.39. The van der Waals surface area contributed by atoms with E-state index in [1.54, 1.807) is 25.1 Å². The number of nitrogens with one attached hydrogen (secondary N) is 1. The summed E-state index contributed by atoms with van der Waals surface area (Å²) < 4.78 is 1.53. The van der Waals surface area contributed by atoms with E-state index in [0.29, 0.717) is 16.4 Å². The third kappa shape index (κ3) is 2.66. The average molecular weight is 266 g/mol. The summed E-state index contributed by atoms with van der Waals surface area (Å²) >= 11 is 5.91. The third-order valence-corrected chi connectivity index (χ3v) is 2.53. The van der Waals surface area contributed by atoms with Gasteiger partial charge in [0.05, 0.1) is 17.4 Å². The van der Waals surface area contributed by atoms with Crippen LogP contribution in [-0.4, -0.2) is 26.7 Å². The molecule has 0 aliphatic rings. The predicted octanol–water partition coefficient (Wildman–Crippen LogP) is 1.21. The Bertz CT molecular complexity index is 553. The summed E-state index contributed by atoms with van der Waals surface area (Å²) in [4.78, 5) is 15.5. The number of rotatable bonds is 3. The van der Waals surface area contributed by atoms with Crippen molar-refractivity contribution in [3.05, 3.63) is 35.9 Å². The van der Waals surface area contributed by atoms with Crippen molar-refractivity contribution in [2.75, 3.05) is 5.32 Å². The lowest BCUT2D eigenvalue weighted by molar-refractivity contribution is -0.117. The van der Waals surface area contributed by atoms with Crippen molar-refractivity contribution in [1.82, 2.24) is 14.8 Å². The lowest BCUT2D eigenvalue weighted by atomic mass is 10.2. The Morgan fingerprint density at radius 2 is 2.33 bits per heavy atom. The number of aromatic nitrogens is 3. The van der Waals surface area contributed by atoms with Crippen molar-refractivity contribution in [1.29, 1.82) is 0 Å². The van der Waals surface area contributed by atoms with Gasteiger partial charge in [-0.1, -0.05) is 11.6 Å². The second-order valence-corrected chi connectivity index (χ2v) is 4.22. The van der Waals surface area contributed by atoms with E-state index >= 15 is 0 Å². The fraction of sp³-hybridized carbons (Fsp3) is 0.182. The van der Waals surface area contributed by atoms with E-state index in [1.165, 1.54) is 17.3 Å². The van der Waals surface area contributed by atoms with Gasteiger partial charge in [-0.25, -0.2) is 9.67 Å². The molecular weight excluding hydrogens is 254 g/mol. The molecule has 1 heterocycles. The largest absolute Gasteiger partial charge is 0.323 e. The molecule has 0 spiro atoms. The van der Waals surface area contributed by atoms with Gasteiger partial charge in [-0.15, -0.1) is 0 Å². The van der Waals surface area contributed by atoms with Gasteiger partial charge in [-0.05, 0) is 25.1 Å². The first kappa shape index (κ1) is 12.5. The van der Waals surface area contributed by atoms with Crippen LogP contribution in [0.2, 0.25) is 5.02 Å². The number of nitrogens with zero attached hydrogens (tertiary/aromatic N) is 3. The zero-order chi connectivity index (χ0) is 13.1. The highest BCUT2D eigenvalue weighted by Crippen LogP contribution is 2.23. The molecule has 1 amide bonds. The molecule has 1 aromatic carbocycles. The van der Waals surface area contributed by atoms with Crippen molar-refractivity contribution >= 4 is 23.2 Å². The summed E-state index contributed by atoms with van der Waals surface area (Å²) in [5.74, 6) is -0.293. The van der Waals surface area contributed by atoms with Gasteiger partial charge in [-0.2, -0.15) is 5.10 Å². The molecule has 3 N–H and O–H groups in total. The van der Waals surface area contributed by atoms with Gasteiger partial charge in [0.2, 0.25) is 5.91 Å². The molecule has 0 saturated carbocycles. The van der Waals surface area contributed by atoms with Gasteiger partial charge >= 0.3 is 0 Å². The SMILES string of the molecule is C[C@@H](N)C(=O)Nc1cc(Cl)ccc1-n1cncn1. The number of hydrogen-bond acceptors (Lipinski definition) is 4. The van der Waals surface area contributed by atoms with Crippen molar-refractivity contribution in [2.45, 2.75) is 13.0 Å². The summed E-state index contributed by atoms with van der Waals surface area (Å²) in [6, 6.07) is 4.49. The van der Waals surface area contributed by atoms with Crippen LogP contribution in [0.15, 0.2) is 30.9 Å². The lowest BCUT2D eigenvalue weighted by Crippen LogP contribution is -2.32. The lowest BCUT2D eigenvalue weighted by Gasteiger charge is -2.12. The fourth-order valence-electron chi connectivity index (χ4n) is 1.39. The predicted molar refractivity (Wildman–Crippen MR) is 68.6 cm³/mol. The average Bonchev–Trinajstić information content (AvgIpc) is 2.82. The van der Waals surface area contributed by atoms with Gasteiger partial charge in [0, 0.05) is 5.02 Å². The summed E-state index contributed by atoms with van der Waals surface area (Å²) in [5.41, 5.74) is 6.72. The van der Waals surface area contributed by atoms with E-state index in [1.807, 2.05) is 0 Å². The van der Waals surface area contributed by atoms with Crippen molar-refractivity contribution in [3.63, 3.8) is 0 Å². The van der Waals surface area contributed by atoms with Crippen LogP contribution in [0.5, 0.6) is 0 Å². The Labute approximate surface area is 109 Å². The maximum Gasteiger partial charge on any atom is 0.241 e. The number of carbonyl (C=O) groups is 1. The molecule has 0 aliphatic heterocycles. The standard InChI is InChI=1S/C11H12ClN5O/c1-7(13)11(18)16-9-4-8(12)2-3-10(9)17-6-14-5-15-17/h2-7H,13H2,1H3,(H,16,18)/t7-/m1/s1. The Morgan fingerprint density at radius 1 is 1.56 bits per heavy atom. The van der Waals surface area contributed by atoms with Crippen LogP contribution in [0.25, 0.3) is 5.69 Å². The van der Waals surface area contributed by atoms with E-state index in [0.717, 1.165) is 0 Å². The van der Waals surface area contributed by atoms with Gasteiger partial charge in [0.25, 0.3) is 0 Å². The zero-order valence-electron chi connectivity index (χ0n) is 9.67. The highest BCUT2D eigenvalue weighted by atomic mass is 35.5. The topological polar surface area (TPSA) is 85.8 Å². The molecule has 6 nitrogen and oxygen atoms in total. The minimum atomic E-state index is -0.604. The van der Waals surface area contributed by atoms with Crippen LogP contribution < -0.4 is 11.1 Å². The minimum Gasteiger partial charge on any atom is -0.323 e. The van der Waals surface area contributed by atoms with E-state index < -0.39 is 6.04 Å². The molecule has 18 heavy (non-hydrogen) atoms. The summed E-state index contributed by atoms with van der Waals surface area (Å²) in [5, 5.41) is 7.22. The quantitative estimate of drug-likeness (QED) is 0.873. The minimum absolute atomic E-state index is 0.293. The molecule has 94 valence electrons. The summed E-state index contributed by atoms with van der Waals surface area (Å²) in [6.45, 7) is 1.61. The normalized spacial score (nSPS) is 12.2. The Hall–Kier alpha value is -1.92. The van der Waals surface area contributed by atoms with Crippen LogP contribution in [-0.2, 0) is 4.79 Å². The molecule has 0 fully saturated rings. The number of carbonyl (C=O) groups excluding carboxylic acids is 1. The van der Waals surface area contributed by atoms with Crippen molar-refractivity contribution < 1.29 is 4.79 Å². The highest BCUT2D eigenvalue weighted by molar-refractivity contribution is 6.31. The smallest absolute Gasteiger partial charge is 0.241 e. The zero-order valence-corrected chi connectivity index (χ0v) is 10.4. The maximum atomic E-state index is 11.6. The molecule has 7 heteroatoms. The molecular formula is C11H12ClN5O. The number of amides is 1. The molecule has 2 aromatic rings. The van der Waals surface area contributed by atoms with Gasteiger partial charge < -0.3 is 11.1 Å². The molecule has 0 bridgehead atoms. The fourth-order valence-corrected chi connectivity index (χ4v) is 1.56. The first-order valence-corrected chi connectivity index (χ1v) is 5.66. The summed E-state index contributed by atoms with van der Waals surface area (Å²) in [7, 11) is 0. The van der Waals surface area contributed by atoms with Crippen LogP contribution in [0.4, 0.5) is 5.69 Å². The van der Waals surface area contributed by atoms with E-state index in [9.17, 15) is 4.79 Å². The van der Waals surface area contributed by atoms with Crippen LogP contribution in [0.1, 0.15) is 6.92 Å². The van der Waals surface area contributed by atoms with E-state index in [4.69, 9.17) is 17.3 Å². The molecule has 1 aromatic heterocycles. The summed E-state index contributed by atoms with van der Waals surface area (Å²) in [6.07, 6.45) is 2.94. The Kier molecular flexibility index (Phi) is 3.59. The van der Waals surface area contributed by atoms with Crippen molar-refractivity contribution in [2.24, 2.45) is 5.73 Å². The number of benzene rings is 1. The third-order valence-electron chi connectivity index (χ3n) is 2.30. The Morgan fingerprint density at radius 3 is 2.94 bits per heavy atom. The van der Waals surface area contributed by atoms with Gasteiger partial charge in [0.15, 0.2) is 0 Å². The second-order valence-electron chi connectivity index (χ2n) is 3.78. The monoisotopic (exact) mass is 265 g/mol. The first-order chi connectivity index (χ1) is 8.58. The number of hydrogen-bond donors (Lipinski definition) is 2. The number of nitrogens with two attached hydrogens (primary N) is 1. The molecule has 0 aliphatic carbocycles.